The molecule has 0 aromatic heterocycles. The van der Waals surface area contributed by atoms with Gasteiger partial charge >= 0.3 is 0 Å². The van der Waals surface area contributed by atoms with Gasteiger partial charge in [0.15, 0.2) is 0 Å². The number of benzene rings is 1. The zero-order valence-corrected chi connectivity index (χ0v) is 27.3. The molecule has 0 spiro atoms. The maximum atomic E-state index is 13.9. The van der Waals surface area contributed by atoms with E-state index in [1.807, 2.05) is 37.8 Å². The molecule has 234 valence electrons. The lowest BCUT2D eigenvalue weighted by molar-refractivity contribution is -0.140. The molecule has 2 fully saturated rings. The molecule has 8 heteroatoms. The highest BCUT2D eigenvalue weighted by Crippen LogP contribution is 2.22. The number of piperazine rings is 1. The van der Waals surface area contributed by atoms with Gasteiger partial charge in [0.2, 0.25) is 17.7 Å². The van der Waals surface area contributed by atoms with E-state index in [0.29, 0.717) is 18.7 Å². The van der Waals surface area contributed by atoms with Crippen LogP contribution >= 0.6 is 0 Å². The smallest absolute Gasteiger partial charge is 0.249 e. The molecule has 0 radical (unpaired) electrons. The minimum Gasteiger partial charge on any atom is -0.343 e. The van der Waals surface area contributed by atoms with Crippen molar-refractivity contribution in [2.45, 2.75) is 98.4 Å². The zero-order chi connectivity index (χ0) is 31.0. The molecule has 2 saturated heterocycles. The van der Waals surface area contributed by atoms with Gasteiger partial charge in [0.1, 0.15) is 6.04 Å². The third-order valence-corrected chi connectivity index (χ3v) is 8.89. The number of rotatable bonds is 11. The molecule has 3 rings (SSSR count). The fourth-order valence-corrected chi connectivity index (χ4v) is 6.26. The molecule has 2 aliphatic rings. The van der Waals surface area contributed by atoms with E-state index in [1.54, 1.807) is 11.9 Å². The Morgan fingerprint density at radius 1 is 0.929 bits per heavy atom. The lowest BCUT2D eigenvalue weighted by Crippen LogP contribution is -2.58. The second-order valence-corrected chi connectivity index (χ2v) is 13.2. The van der Waals surface area contributed by atoms with Crippen molar-refractivity contribution in [2.75, 3.05) is 39.8 Å². The number of nitrogens with zero attached hydrogens (tertiary/aromatic N) is 4. The molecule has 0 saturated carbocycles. The van der Waals surface area contributed by atoms with Crippen LogP contribution in [0.4, 0.5) is 0 Å². The van der Waals surface area contributed by atoms with Crippen LogP contribution < -0.4 is 5.32 Å². The fourth-order valence-electron chi connectivity index (χ4n) is 6.26. The minimum absolute atomic E-state index is 0.0284. The summed E-state index contributed by atoms with van der Waals surface area (Å²) in [6.07, 6.45) is 4.89. The van der Waals surface area contributed by atoms with E-state index in [0.717, 1.165) is 45.4 Å². The van der Waals surface area contributed by atoms with E-state index in [1.165, 1.54) is 5.56 Å². The minimum atomic E-state index is -0.623. The summed E-state index contributed by atoms with van der Waals surface area (Å²) in [5.74, 6) is -0.108. The van der Waals surface area contributed by atoms with Gasteiger partial charge in [-0.1, -0.05) is 70.5 Å². The number of likely N-dealkylation sites (tertiary alicyclic amines) is 1. The van der Waals surface area contributed by atoms with Crippen molar-refractivity contribution in [3.63, 3.8) is 0 Å². The van der Waals surface area contributed by atoms with Gasteiger partial charge in [0.25, 0.3) is 0 Å². The van der Waals surface area contributed by atoms with Crippen LogP contribution in [0.25, 0.3) is 0 Å². The molecule has 1 aromatic carbocycles. The Kier molecular flexibility index (Phi) is 12.6. The molecule has 1 unspecified atom stereocenters. The first-order valence-electron chi connectivity index (χ1n) is 16.0. The van der Waals surface area contributed by atoms with Gasteiger partial charge < -0.3 is 15.1 Å². The average molecular weight is 582 g/mol. The number of piperidine rings is 1. The fraction of sp³-hybridized carbons (Fsp3) is 0.676. The summed E-state index contributed by atoms with van der Waals surface area (Å²) in [4.78, 5) is 49.0. The lowest BCUT2D eigenvalue weighted by atomic mass is 9.95. The number of nitrogens with one attached hydrogen (secondary N) is 1. The summed E-state index contributed by atoms with van der Waals surface area (Å²) in [6.45, 7) is 19.0. The van der Waals surface area contributed by atoms with Gasteiger partial charge in [0, 0.05) is 51.4 Å². The topological polar surface area (TPSA) is 76.2 Å². The lowest BCUT2D eigenvalue weighted by Gasteiger charge is -2.39. The van der Waals surface area contributed by atoms with Crippen LogP contribution in [0.3, 0.4) is 0 Å². The first-order valence-corrected chi connectivity index (χ1v) is 16.0. The molecule has 3 atom stereocenters. The SMILES string of the molecule is C/C(=C\[C@H](C(C)C)N(C)C(=O)[C@@H](NC(=O)C1CCCCN1C(C)C)C(C)C)C(=O)N1CCN(Cc2ccccc2)CC1. The summed E-state index contributed by atoms with van der Waals surface area (Å²) >= 11 is 0. The summed E-state index contributed by atoms with van der Waals surface area (Å²) in [5, 5.41) is 3.12. The molecule has 8 nitrogen and oxygen atoms in total. The predicted molar refractivity (Wildman–Crippen MR) is 170 cm³/mol. The van der Waals surface area contributed by atoms with Gasteiger partial charge in [-0.2, -0.15) is 0 Å². The number of hydrogen-bond acceptors (Lipinski definition) is 5. The number of likely N-dealkylation sites (N-methyl/N-ethyl adjacent to an activating group) is 1. The third-order valence-electron chi connectivity index (χ3n) is 8.89. The van der Waals surface area contributed by atoms with Crippen molar-refractivity contribution < 1.29 is 14.4 Å². The molecule has 2 heterocycles. The number of hydrogen-bond donors (Lipinski definition) is 1. The highest BCUT2D eigenvalue weighted by molar-refractivity contribution is 5.93. The Labute approximate surface area is 254 Å². The monoisotopic (exact) mass is 581 g/mol. The van der Waals surface area contributed by atoms with E-state index in [2.05, 4.69) is 67.1 Å². The van der Waals surface area contributed by atoms with Crippen LogP contribution in [0.1, 0.15) is 73.3 Å². The van der Waals surface area contributed by atoms with Crippen LogP contribution in [0.5, 0.6) is 0 Å². The van der Waals surface area contributed by atoms with Gasteiger partial charge in [-0.3, -0.25) is 24.2 Å². The maximum Gasteiger partial charge on any atom is 0.249 e. The van der Waals surface area contributed by atoms with Gasteiger partial charge in [0.05, 0.1) is 12.1 Å². The van der Waals surface area contributed by atoms with Gasteiger partial charge in [-0.15, -0.1) is 0 Å². The normalized spacial score (nSPS) is 20.6. The number of carbonyl (C=O) groups is 3. The van der Waals surface area contributed by atoms with E-state index >= 15 is 0 Å². The molecule has 0 aliphatic carbocycles. The summed E-state index contributed by atoms with van der Waals surface area (Å²) in [7, 11) is 1.80. The van der Waals surface area contributed by atoms with Crippen LogP contribution in [0.2, 0.25) is 0 Å². The van der Waals surface area contributed by atoms with Gasteiger partial charge in [-0.05, 0) is 57.6 Å². The van der Waals surface area contributed by atoms with Crippen LogP contribution in [0.15, 0.2) is 42.0 Å². The molecular formula is C34H55N5O3. The quantitative estimate of drug-likeness (QED) is 0.397. The maximum absolute atomic E-state index is 13.9. The van der Waals surface area contributed by atoms with E-state index in [9.17, 15) is 14.4 Å². The summed E-state index contributed by atoms with van der Waals surface area (Å²) in [6, 6.07) is 9.62. The van der Waals surface area contributed by atoms with Crippen molar-refractivity contribution in [1.29, 1.82) is 0 Å². The number of carbonyl (C=O) groups excluding carboxylic acids is 3. The summed E-state index contributed by atoms with van der Waals surface area (Å²) in [5.41, 5.74) is 1.94. The van der Waals surface area contributed by atoms with E-state index in [4.69, 9.17) is 0 Å². The van der Waals surface area contributed by atoms with Gasteiger partial charge in [-0.25, -0.2) is 0 Å². The van der Waals surface area contributed by atoms with Crippen molar-refractivity contribution in [2.24, 2.45) is 11.8 Å². The van der Waals surface area contributed by atoms with Crippen molar-refractivity contribution in [3.8, 4) is 0 Å². The highest BCUT2D eigenvalue weighted by Gasteiger charge is 2.36. The Bertz CT molecular complexity index is 1060. The molecule has 3 amide bonds. The van der Waals surface area contributed by atoms with Crippen LogP contribution in [-0.4, -0.2) is 101 Å². The molecule has 42 heavy (non-hydrogen) atoms. The van der Waals surface area contributed by atoms with Crippen LogP contribution in [0, 0.1) is 11.8 Å². The molecular weight excluding hydrogens is 526 g/mol. The Hall–Kier alpha value is -2.71. The Morgan fingerprint density at radius 3 is 2.14 bits per heavy atom. The zero-order valence-electron chi connectivity index (χ0n) is 27.3. The summed E-state index contributed by atoms with van der Waals surface area (Å²) < 4.78 is 0. The first-order chi connectivity index (χ1) is 19.9. The number of amides is 3. The third kappa shape index (κ3) is 8.90. The van der Waals surface area contributed by atoms with Crippen LogP contribution in [-0.2, 0) is 20.9 Å². The highest BCUT2D eigenvalue weighted by atomic mass is 16.2. The Balaban J connectivity index is 1.65. The average Bonchev–Trinajstić information content (AvgIpc) is 2.97. The van der Waals surface area contributed by atoms with E-state index < -0.39 is 6.04 Å². The molecule has 1 aromatic rings. The van der Waals surface area contributed by atoms with E-state index in [-0.39, 0.29) is 47.7 Å². The largest absolute Gasteiger partial charge is 0.343 e. The Morgan fingerprint density at radius 2 is 1.57 bits per heavy atom. The predicted octanol–water partition coefficient (Wildman–Crippen LogP) is 4.16. The standard InChI is InChI=1S/C34H55N5O3/c1-24(2)30(22-27(7)33(41)38-20-18-37(19-21-38)23-28-14-10-9-11-15-28)36(8)34(42)31(25(3)4)35-32(40)29-16-12-13-17-39(29)26(5)6/h9-11,14-15,22,24-26,29-31H,12-13,16-21,23H2,1-8H3,(H,35,40)/b27-22+/t29?,30-,31+/m1/s1. The van der Waals surface area contributed by atoms with Crippen molar-refractivity contribution >= 4 is 17.7 Å². The molecule has 0 bridgehead atoms. The van der Waals surface area contributed by atoms with Crippen molar-refractivity contribution in [1.82, 2.24) is 24.9 Å². The first kappa shape index (κ1) is 33.8. The second-order valence-electron chi connectivity index (χ2n) is 13.2. The van der Waals surface area contributed by atoms with Crippen molar-refractivity contribution in [3.05, 3.63) is 47.5 Å². The molecule has 2 aliphatic heterocycles. The molecule has 1 N–H and O–H groups in total. The second kappa shape index (κ2) is 15.7.